The smallest absolute Gasteiger partial charge is 0.255 e. The van der Waals surface area contributed by atoms with E-state index in [0.29, 0.717) is 12.1 Å². The van der Waals surface area contributed by atoms with Gasteiger partial charge in [0.25, 0.3) is 5.91 Å². The van der Waals surface area contributed by atoms with E-state index in [1.54, 1.807) is 4.68 Å². The van der Waals surface area contributed by atoms with Crippen LogP contribution in [0, 0.1) is 13.8 Å². The summed E-state index contributed by atoms with van der Waals surface area (Å²) in [5, 5.41) is 7.21. The van der Waals surface area contributed by atoms with E-state index in [1.807, 2.05) is 39.1 Å². The number of hydrogen-bond acceptors (Lipinski definition) is 4. The molecule has 0 saturated heterocycles. The number of hydrogen-bond donors (Lipinski definition) is 1. The molecule has 1 aromatic heterocycles. The highest BCUT2D eigenvalue weighted by Crippen LogP contribution is 2.32. The molecule has 0 unspecified atom stereocenters. The van der Waals surface area contributed by atoms with Crippen molar-refractivity contribution >= 4 is 5.91 Å². The Morgan fingerprint density at radius 2 is 2.09 bits per heavy atom. The van der Waals surface area contributed by atoms with Gasteiger partial charge >= 0.3 is 0 Å². The van der Waals surface area contributed by atoms with Crippen molar-refractivity contribution in [2.24, 2.45) is 7.05 Å². The standard InChI is InChI=1S/C16H19N3O3/c1-10-15(11(2)19(3)18-10)16(20)17-7-6-12-4-5-13-14(8-12)22-9-21-13/h4-5,8H,6-7,9H2,1-3H3,(H,17,20). The molecular formula is C16H19N3O3. The maximum Gasteiger partial charge on any atom is 0.255 e. The molecule has 2 aromatic rings. The quantitative estimate of drug-likeness (QED) is 0.934. The van der Waals surface area contributed by atoms with Gasteiger partial charge in [-0.1, -0.05) is 6.07 Å². The van der Waals surface area contributed by atoms with Crippen LogP contribution < -0.4 is 14.8 Å². The van der Waals surface area contributed by atoms with Gasteiger partial charge in [0.05, 0.1) is 11.3 Å². The summed E-state index contributed by atoms with van der Waals surface area (Å²) in [6, 6.07) is 5.84. The van der Waals surface area contributed by atoms with E-state index < -0.39 is 0 Å². The Hall–Kier alpha value is -2.50. The lowest BCUT2D eigenvalue weighted by Crippen LogP contribution is -2.26. The number of amides is 1. The van der Waals surface area contributed by atoms with E-state index in [4.69, 9.17) is 9.47 Å². The van der Waals surface area contributed by atoms with Crippen LogP contribution in [0.2, 0.25) is 0 Å². The first kappa shape index (κ1) is 14.4. The minimum Gasteiger partial charge on any atom is -0.454 e. The Bertz CT molecular complexity index is 722. The van der Waals surface area contributed by atoms with E-state index in [-0.39, 0.29) is 12.7 Å². The van der Waals surface area contributed by atoms with Crippen LogP contribution >= 0.6 is 0 Å². The van der Waals surface area contributed by atoms with Crippen molar-refractivity contribution < 1.29 is 14.3 Å². The molecule has 6 nitrogen and oxygen atoms in total. The molecule has 3 rings (SSSR count). The fraction of sp³-hybridized carbons (Fsp3) is 0.375. The van der Waals surface area contributed by atoms with Crippen LogP contribution in [0.3, 0.4) is 0 Å². The normalized spacial score (nSPS) is 12.5. The number of carbonyl (C=O) groups is 1. The van der Waals surface area contributed by atoms with Crippen LogP contribution in [0.5, 0.6) is 11.5 Å². The maximum atomic E-state index is 12.3. The molecule has 0 saturated carbocycles. The molecule has 1 amide bonds. The molecule has 0 bridgehead atoms. The third kappa shape index (κ3) is 2.64. The van der Waals surface area contributed by atoms with Gasteiger partial charge in [0, 0.05) is 19.3 Å². The topological polar surface area (TPSA) is 65.4 Å². The highest BCUT2D eigenvalue weighted by molar-refractivity contribution is 5.96. The molecule has 116 valence electrons. The second-order valence-electron chi connectivity index (χ2n) is 5.36. The lowest BCUT2D eigenvalue weighted by atomic mass is 10.1. The number of nitrogens with one attached hydrogen (secondary N) is 1. The van der Waals surface area contributed by atoms with E-state index >= 15 is 0 Å². The number of carbonyl (C=O) groups excluding carboxylic acids is 1. The third-order valence-corrected chi connectivity index (χ3v) is 3.87. The van der Waals surface area contributed by atoms with Crippen molar-refractivity contribution in [3.8, 4) is 11.5 Å². The molecule has 22 heavy (non-hydrogen) atoms. The van der Waals surface area contributed by atoms with Crippen LogP contribution in [0.25, 0.3) is 0 Å². The highest BCUT2D eigenvalue weighted by atomic mass is 16.7. The van der Waals surface area contributed by atoms with Crippen molar-refractivity contribution in [2.45, 2.75) is 20.3 Å². The number of benzene rings is 1. The van der Waals surface area contributed by atoms with Crippen molar-refractivity contribution in [3.63, 3.8) is 0 Å². The molecular weight excluding hydrogens is 282 g/mol. The zero-order valence-electron chi connectivity index (χ0n) is 13.0. The zero-order chi connectivity index (χ0) is 15.7. The summed E-state index contributed by atoms with van der Waals surface area (Å²) in [5.74, 6) is 1.46. The molecule has 0 fully saturated rings. The molecule has 0 radical (unpaired) electrons. The van der Waals surface area contributed by atoms with Gasteiger partial charge in [-0.15, -0.1) is 0 Å². The van der Waals surface area contributed by atoms with Crippen LogP contribution in [0.1, 0.15) is 27.3 Å². The van der Waals surface area contributed by atoms with Gasteiger partial charge in [0.1, 0.15) is 0 Å². The van der Waals surface area contributed by atoms with Gasteiger partial charge in [-0.2, -0.15) is 5.10 Å². The molecule has 0 aliphatic carbocycles. The number of aryl methyl sites for hydroxylation is 2. The third-order valence-electron chi connectivity index (χ3n) is 3.87. The first-order chi connectivity index (χ1) is 10.6. The number of aromatic nitrogens is 2. The van der Waals surface area contributed by atoms with Crippen LogP contribution in [0.4, 0.5) is 0 Å². The molecule has 6 heteroatoms. The summed E-state index contributed by atoms with van der Waals surface area (Å²) in [6.07, 6.45) is 0.737. The first-order valence-corrected chi connectivity index (χ1v) is 7.23. The monoisotopic (exact) mass is 301 g/mol. The molecule has 1 aliphatic rings. The zero-order valence-corrected chi connectivity index (χ0v) is 13.0. The summed E-state index contributed by atoms with van der Waals surface area (Å²) in [5.41, 5.74) is 3.39. The predicted molar refractivity (Wildman–Crippen MR) is 81.3 cm³/mol. The summed E-state index contributed by atoms with van der Waals surface area (Å²) in [6.45, 7) is 4.58. The van der Waals surface area contributed by atoms with E-state index in [9.17, 15) is 4.79 Å². The first-order valence-electron chi connectivity index (χ1n) is 7.23. The van der Waals surface area contributed by atoms with Gasteiger partial charge in [0.2, 0.25) is 6.79 Å². The van der Waals surface area contributed by atoms with Crippen LogP contribution in [-0.4, -0.2) is 29.0 Å². The van der Waals surface area contributed by atoms with E-state index in [0.717, 1.165) is 34.9 Å². The minimum atomic E-state index is -0.0798. The van der Waals surface area contributed by atoms with Gasteiger partial charge in [0.15, 0.2) is 11.5 Å². The molecule has 1 N–H and O–H groups in total. The van der Waals surface area contributed by atoms with Gasteiger partial charge in [-0.05, 0) is 38.0 Å². The van der Waals surface area contributed by atoms with Crippen molar-refractivity contribution in [3.05, 3.63) is 40.7 Å². The van der Waals surface area contributed by atoms with Gasteiger partial charge < -0.3 is 14.8 Å². The Morgan fingerprint density at radius 1 is 1.32 bits per heavy atom. The van der Waals surface area contributed by atoms with Gasteiger partial charge in [-0.25, -0.2) is 0 Å². The molecule has 2 heterocycles. The fourth-order valence-electron chi connectivity index (χ4n) is 2.61. The Balaban J connectivity index is 1.60. The van der Waals surface area contributed by atoms with Crippen molar-refractivity contribution in [1.29, 1.82) is 0 Å². The minimum absolute atomic E-state index is 0.0798. The number of rotatable bonds is 4. The molecule has 1 aromatic carbocycles. The molecule has 0 spiro atoms. The van der Waals surface area contributed by atoms with Crippen LogP contribution in [0.15, 0.2) is 18.2 Å². The Kier molecular flexibility index (Phi) is 3.75. The molecule has 0 atom stereocenters. The predicted octanol–water partition coefficient (Wildman–Crippen LogP) is 1.74. The Labute approximate surface area is 129 Å². The summed E-state index contributed by atoms with van der Waals surface area (Å²) < 4.78 is 12.4. The lowest BCUT2D eigenvalue weighted by molar-refractivity contribution is 0.0953. The maximum absolute atomic E-state index is 12.3. The average Bonchev–Trinajstić information content (AvgIpc) is 3.03. The summed E-state index contributed by atoms with van der Waals surface area (Å²) in [7, 11) is 1.84. The van der Waals surface area contributed by atoms with E-state index in [2.05, 4.69) is 10.4 Å². The molecule has 1 aliphatic heterocycles. The average molecular weight is 301 g/mol. The number of ether oxygens (including phenoxy) is 2. The second-order valence-corrected chi connectivity index (χ2v) is 5.36. The van der Waals surface area contributed by atoms with E-state index in [1.165, 1.54) is 0 Å². The van der Waals surface area contributed by atoms with Crippen LogP contribution in [-0.2, 0) is 13.5 Å². The largest absolute Gasteiger partial charge is 0.454 e. The summed E-state index contributed by atoms with van der Waals surface area (Å²) in [4.78, 5) is 12.3. The fourth-order valence-corrected chi connectivity index (χ4v) is 2.61. The second kappa shape index (κ2) is 5.71. The number of fused-ring (bicyclic) bond motifs is 1. The number of nitrogens with zero attached hydrogens (tertiary/aromatic N) is 2. The van der Waals surface area contributed by atoms with Crippen molar-refractivity contribution in [2.75, 3.05) is 13.3 Å². The highest BCUT2D eigenvalue weighted by Gasteiger charge is 2.17. The van der Waals surface area contributed by atoms with Gasteiger partial charge in [-0.3, -0.25) is 9.48 Å². The summed E-state index contributed by atoms with van der Waals surface area (Å²) >= 11 is 0. The lowest BCUT2D eigenvalue weighted by Gasteiger charge is -2.06. The Morgan fingerprint density at radius 3 is 2.82 bits per heavy atom. The SMILES string of the molecule is Cc1nn(C)c(C)c1C(=O)NCCc1ccc2c(c1)OCO2. The van der Waals surface area contributed by atoms with Crippen molar-refractivity contribution in [1.82, 2.24) is 15.1 Å².